The van der Waals surface area contributed by atoms with Gasteiger partial charge in [-0.25, -0.2) is 0 Å². The Bertz CT molecular complexity index is 559. The second-order valence-corrected chi connectivity index (χ2v) is 6.58. The zero-order valence-electron chi connectivity index (χ0n) is 15.2. The van der Waals surface area contributed by atoms with Gasteiger partial charge in [0.1, 0.15) is 0 Å². The highest BCUT2D eigenvalue weighted by Crippen LogP contribution is 2.16. The second kappa shape index (κ2) is 11.1. The van der Waals surface area contributed by atoms with Crippen molar-refractivity contribution in [2.45, 2.75) is 39.5 Å². The Hall–Kier alpha value is -1.59. The van der Waals surface area contributed by atoms with Crippen LogP contribution >= 0.6 is 12.4 Å². The van der Waals surface area contributed by atoms with E-state index in [9.17, 15) is 9.59 Å². The topological polar surface area (TPSA) is 61.4 Å². The smallest absolute Gasteiger partial charge is 0.244 e. The minimum atomic E-state index is -0.131. The summed E-state index contributed by atoms with van der Waals surface area (Å²) in [6.45, 7) is 6.80. The van der Waals surface area contributed by atoms with E-state index in [-0.39, 0.29) is 30.8 Å². The quantitative estimate of drug-likeness (QED) is 0.742. The van der Waals surface area contributed by atoms with Crippen molar-refractivity contribution < 1.29 is 9.59 Å². The first-order chi connectivity index (χ1) is 11.6. The number of carbonyl (C=O) groups is 2. The van der Waals surface area contributed by atoms with Crippen LogP contribution in [0.3, 0.4) is 0 Å². The summed E-state index contributed by atoms with van der Waals surface area (Å²) >= 11 is 0. The number of nitrogens with zero attached hydrogens (tertiary/aromatic N) is 1. The van der Waals surface area contributed by atoms with E-state index in [1.807, 2.05) is 38.1 Å². The molecular weight excluding hydrogens is 338 g/mol. The number of halogens is 1. The molecule has 0 bridgehead atoms. The Morgan fingerprint density at radius 1 is 1.32 bits per heavy atom. The van der Waals surface area contributed by atoms with Gasteiger partial charge in [0.25, 0.3) is 0 Å². The molecule has 6 heteroatoms. The summed E-state index contributed by atoms with van der Waals surface area (Å²) in [5, 5.41) is 6.23. The number of para-hydroxylation sites is 1. The summed E-state index contributed by atoms with van der Waals surface area (Å²) < 4.78 is 0. The van der Waals surface area contributed by atoms with Gasteiger partial charge in [-0.2, -0.15) is 0 Å². The Labute approximate surface area is 157 Å². The van der Waals surface area contributed by atoms with Crippen molar-refractivity contribution in [3.05, 3.63) is 29.8 Å². The molecule has 2 amide bonds. The van der Waals surface area contributed by atoms with Crippen LogP contribution in [0.5, 0.6) is 0 Å². The molecule has 1 atom stereocenters. The first kappa shape index (κ1) is 21.5. The number of hydrogen-bond donors (Lipinski definition) is 2. The molecule has 1 unspecified atom stereocenters. The van der Waals surface area contributed by atoms with Crippen LogP contribution in [-0.2, 0) is 9.59 Å². The summed E-state index contributed by atoms with van der Waals surface area (Å²) in [4.78, 5) is 26.5. The summed E-state index contributed by atoms with van der Waals surface area (Å²) in [5.74, 6) is 0.551. The van der Waals surface area contributed by atoms with Gasteiger partial charge < -0.3 is 15.5 Å². The van der Waals surface area contributed by atoms with Gasteiger partial charge in [0.15, 0.2) is 0 Å². The minimum absolute atomic E-state index is 0. The molecule has 0 aromatic heterocycles. The van der Waals surface area contributed by atoms with Crippen LogP contribution in [-0.4, -0.2) is 42.9 Å². The zero-order chi connectivity index (χ0) is 17.4. The number of hydrogen-bond acceptors (Lipinski definition) is 3. The van der Waals surface area contributed by atoms with Crippen molar-refractivity contribution >= 4 is 29.9 Å². The van der Waals surface area contributed by atoms with Gasteiger partial charge in [0.2, 0.25) is 11.8 Å². The Morgan fingerprint density at radius 3 is 2.72 bits per heavy atom. The predicted octanol–water partition coefficient (Wildman–Crippen LogP) is 2.98. The lowest BCUT2D eigenvalue weighted by atomic mass is 10.0. The normalized spacial score (nSPS) is 16.2. The highest BCUT2D eigenvalue weighted by atomic mass is 35.5. The monoisotopic (exact) mass is 367 g/mol. The maximum Gasteiger partial charge on any atom is 0.244 e. The largest absolute Gasteiger partial charge is 0.333 e. The fourth-order valence-electron chi connectivity index (χ4n) is 3.08. The summed E-state index contributed by atoms with van der Waals surface area (Å²) in [6, 6.07) is 7.68. The third-order valence-electron chi connectivity index (χ3n) is 4.53. The van der Waals surface area contributed by atoms with Crippen molar-refractivity contribution in [1.29, 1.82) is 0 Å². The molecule has 0 aliphatic carbocycles. The van der Waals surface area contributed by atoms with Gasteiger partial charge in [-0.3, -0.25) is 9.59 Å². The lowest BCUT2D eigenvalue weighted by Gasteiger charge is -2.22. The maximum absolute atomic E-state index is 12.5. The highest BCUT2D eigenvalue weighted by molar-refractivity contribution is 5.95. The van der Waals surface area contributed by atoms with E-state index in [1.165, 1.54) is 0 Å². The van der Waals surface area contributed by atoms with Crippen molar-refractivity contribution in [2.24, 2.45) is 5.92 Å². The molecule has 1 aromatic carbocycles. The average molecular weight is 368 g/mol. The van der Waals surface area contributed by atoms with Gasteiger partial charge in [0.05, 0.1) is 6.54 Å². The van der Waals surface area contributed by atoms with Gasteiger partial charge in [0, 0.05) is 18.7 Å². The summed E-state index contributed by atoms with van der Waals surface area (Å²) in [6.07, 6.45) is 3.44. The van der Waals surface area contributed by atoms with E-state index in [0.29, 0.717) is 18.9 Å². The first-order valence-corrected chi connectivity index (χ1v) is 8.94. The molecule has 1 aromatic rings. The molecule has 1 aliphatic rings. The average Bonchev–Trinajstić information content (AvgIpc) is 3.08. The minimum Gasteiger partial charge on any atom is -0.333 e. The number of anilines is 1. The van der Waals surface area contributed by atoms with Crippen molar-refractivity contribution in [3.8, 4) is 0 Å². The second-order valence-electron chi connectivity index (χ2n) is 6.58. The molecule has 1 fully saturated rings. The molecule has 0 spiro atoms. The van der Waals surface area contributed by atoms with Crippen LogP contribution in [0, 0.1) is 12.8 Å². The number of nitrogens with one attached hydrogen (secondary N) is 2. The van der Waals surface area contributed by atoms with E-state index in [1.54, 1.807) is 4.90 Å². The molecule has 1 aliphatic heterocycles. The number of rotatable bonds is 8. The summed E-state index contributed by atoms with van der Waals surface area (Å²) in [7, 11) is 0. The first-order valence-electron chi connectivity index (χ1n) is 8.94. The van der Waals surface area contributed by atoms with Gasteiger partial charge >= 0.3 is 0 Å². The lowest BCUT2D eigenvalue weighted by molar-refractivity contribution is -0.135. The van der Waals surface area contributed by atoms with Crippen molar-refractivity contribution in [3.63, 3.8) is 0 Å². The van der Waals surface area contributed by atoms with E-state index in [2.05, 4.69) is 10.6 Å². The van der Waals surface area contributed by atoms with E-state index in [4.69, 9.17) is 0 Å². The third kappa shape index (κ3) is 7.04. The van der Waals surface area contributed by atoms with Gasteiger partial charge in [-0.1, -0.05) is 25.1 Å². The summed E-state index contributed by atoms with van der Waals surface area (Å²) in [5.41, 5.74) is 1.83. The van der Waals surface area contributed by atoms with Crippen LogP contribution in [0.15, 0.2) is 24.3 Å². The number of benzene rings is 1. The number of amides is 2. The zero-order valence-corrected chi connectivity index (χ0v) is 16.0. The molecule has 140 valence electrons. The van der Waals surface area contributed by atoms with Crippen LogP contribution in [0.2, 0.25) is 0 Å². The van der Waals surface area contributed by atoms with Crippen LogP contribution in [0.4, 0.5) is 5.69 Å². The van der Waals surface area contributed by atoms with Crippen molar-refractivity contribution in [2.75, 3.05) is 31.5 Å². The number of aryl methyl sites for hydroxylation is 1. The Morgan fingerprint density at radius 2 is 2.08 bits per heavy atom. The molecule has 5 nitrogen and oxygen atoms in total. The number of carbonyl (C=O) groups excluding carboxylic acids is 2. The van der Waals surface area contributed by atoms with Gasteiger partial charge in [-0.15, -0.1) is 12.4 Å². The molecular formula is C19H30ClN3O2. The van der Waals surface area contributed by atoms with Gasteiger partial charge in [-0.05, 0) is 56.8 Å². The Balaban J connectivity index is 0.00000312. The van der Waals surface area contributed by atoms with Crippen LogP contribution < -0.4 is 10.6 Å². The fourth-order valence-corrected chi connectivity index (χ4v) is 3.08. The van der Waals surface area contributed by atoms with E-state index < -0.39 is 0 Å². The SMILES string of the molecule is CCCN(CC(=O)Nc1ccccc1C)C(=O)CCC1CCNC1.Cl. The molecule has 1 saturated heterocycles. The predicted molar refractivity (Wildman–Crippen MR) is 104 cm³/mol. The fraction of sp³-hybridized carbons (Fsp3) is 0.579. The van der Waals surface area contributed by atoms with Crippen LogP contribution in [0.1, 0.15) is 38.2 Å². The molecule has 1 heterocycles. The molecule has 2 N–H and O–H groups in total. The lowest BCUT2D eigenvalue weighted by Crippen LogP contribution is -2.38. The highest BCUT2D eigenvalue weighted by Gasteiger charge is 2.20. The standard InChI is InChI=1S/C19H29N3O2.ClH/c1-3-12-22(19(24)9-8-16-10-11-20-13-16)14-18(23)21-17-7-5-4-6-15(17)2;/h4-7,16,20H,3,8-14H2,1-2H3,(H,21,23);1H. The van der Waals surface area contributed by atoms with Crippen molar-refractivity contribution in [1.82, 2.24) is 10.2 Å². The Kier molecular flexibility index (Phi) is 9.53. The molecule has 0 saturated carbocycles. The van der Waals surface area contributed by atoms with E-state index in [0.717, 1.165) is 43.6 Å². The molecule has 2 rings (SSSR count). The third-order valence-corrected chi connectivity index (χ3v) is 4.53. The maximum atomic E-state index is 12.5. The molecule has 25 heavy (non-hydrogen) atoms. The van der Waals surface area contributed by atoms with E-state index >= 15 is 0 Å². The van der Waals surface area contributed by atoms with Crippen LogP contribution in [0.25, 0.3) is 0 Å². The molecule has 0 radical (unpaired) electrons.